The van der Waals surface area contributed by atoms with Gasteiger partial charge in [-0.25, -0.2) is 4.98 Å². The van der Waals surface area contributed by atoms with E-state index < -0.39 is 4.92 Å². The second-order valence-electron chi connectivity index (χ2n) is 7.43. The molecule has 0 bridgehead atoms. The zero-order chi connectivity index (χ0) is 22.7. The van der Waals surface area contributed by atoms with Crippen molar-refractivity contribution in [3.8, 4) is 11.3 Å². The maximum atomic E-state index is 12.8. The molecule has 2 amide bonds. The summed E-state index contributed by atoms with van der Waals surface area (Å²) in [5.41, 5.74) is 1.68. The molecule has 8 nitrogen and oxygen atoms in total. The third-order valence-corrected chi connectivity index (χ3v) is 6.27. The van der Waals surface area contributed by atoms with Crippen LogP contribution in [0.1, 0.15) is 23.2 Å². The molecule has 164 valence electrons. The van der Waals surface area contributed by atoms with Crippen molar-refractivity contribution in [2.45, 2.75) is 12.8 Å². The highest BCUT2D eigenvalue weighted by molar-refractivity contribution is 7.14. The Hall–Kier alpha value is -3.30. The van der Waals surface area contributed by atoms with Gasteiger partial charge >= 0.3 is 0 Å². The quantitative estimate of drug-likeness (QED) is 0.423. The summed E-state index contributed by atoms with van der Waals surface area (Å²) < 4.78 is 0. The van der Waals surface area contributed by atoms with E-state index in [9.17, 15) is 19.7 Å². The molecule has 1 fully saturated rings. The molecule has 3 aromatic rings. The van der Waals surface area contributed by atoms with Gasteiger partial charge in [0.25, 0.3) is 11.6 Å². The molecule has 0 saturated carbocycles. The second kappa shape index (κ2) is 9.46. The summed E-state index contributed by atoms with van der Waals surface area (Å²) in [4.78, 5) is 42.2. The van der Waals surface area contributed by atoms with E-state index in [0.29, 0.717) is 46.5 Å². The molecule has 1 aliphatic rings. The van der Waals surface area contributed by atoms with E-state index in [2.05, 4.69) is 10.3 Å². The highest BCUT2D eigenvalue weighted by atomic mass is 35.5. The molecular weight excluding hydrogens is 452 g/mol. The number of hydrogen-bond donors (Lipinski definition) is 1. The Kier molecular flexibility index (Phi) is 6.48. The third kappa shape index (κ3) is 4.95. The minimum Gasteiger partial charge on any atom is -0.338 e. The fourth-order valence-corrected chi connectivity index (χ4v) is 4.45. The first-order valence-electron chi connectivity index (χ1n) is 9.97. The number of nitrogens with zero attached hydrogens (tertiary/aromatic N) is 3. The number of benzene rings is 2. The summed E-state index contributed by atoms with van der Waals surface area (Å²) in [5, 5.41) is 16.5. The SMILES string of the molecule is O=C(Nc1nc(-c2cccc([N+](=O)[O-])c2)cs1)C1CCCN(C(=O)c2ccc(Cl)cc2)C1. The molecule has 2 heterocycles. The average Bonchev–Trinajstić information content (AvgIpc) is 3.28. The van der Waals surface area contributed by atoms with Crippen LogP contribution in [0, 0.1) is 16.0 Å². The van der Waals surface area contributed by atoms with E-state index in [-0.39, 0.29) is 23.4 Å². The van der Waals surface area contributed by atoms with Gasteiger partial charge in [0.1, 0.15) is 0 Å². The van der Waals surface area contributed by atoms with Crippen LogP contribution in [0.15, 0.2) is 53.9 Å². The van der Waals surface area contributed by atoms with Crippen molar-refractivity contribution >= 4 is 45.6 Å². The molecule has 1 aromatic heterocycles. The Labute approximate surface area is 193 Å². The number of nitrogens with one attached hydrogen (secondary N) is 1. The predicted molar refractivity (Wildman–Crippen MR) is 123 cm³/mol. The van der Waals surface area contributed by atoms with Crippen molar-refractivity contribution < 1.29 is 14.5 Å². The van der Waals surface area contributed by atoms with Gasteiger partial charge < -0.3 is 10.2 Å². The van der Waals surface area contributed by atoms with E-state index in [1.807, 2.05) is 0 Å². The molecule has 1 saturated heterocycles. The number of nitro groups is 1. The maximum absolute atomic E-state index is 12.8. The number of non-ortho nitro benzene ring substituents is 1. The smallest absolute Gasteiger partial charge is 0.270 e. The van der Waals surface area contributed by atoms with Crippen LogP contribution in [0.4, 0.5) is 10.8 Å². The van der Waals surface area contributed by atoms with E-state index in [1.54, 1.807) is 46.7 Å². The summed E-state index contributed by atoms with van der Waals surface area (Å²) in [6.45, 7) is 0.926. The van der Waals surface area contributed by atoms with Crippen LogP contribution >= 0.6 is 22.9 Å². The number of nitro benzene ring substituents is 1. The van der Waals surface area contributed by atoms with Crippen LogP contribution in [0.3, 0.4) is 0 Å². The van der Waals surface area contributed by atoms with Crippen molar-refractivity contribution in [1.82, 2.24) is 9.88 Å². The number of aromatic nitrogens is 1. The van der Waals surface area contributed by atoms with Gasteiger partial charge in [-0.2, -0.15) is 0 Å². The van der Waals surface area contributed by atoms with Gasteiger partial charge in [-0.15, -0.1) is 11.3 Å². The van der Waals surface area contributed by atoms with Gasteiger partial charge in [0.2, 0.25) is 5.91 Å². The van der Waals surface area contributed by atoms with Crippen LogP contribution in [-0.4, -0.2) is 39.7 Å². The minimum absolute atomic E-state index is 0.0197. The molecule has 0 radical (unpaired) electrons. The Bertz CT molecular complexity index is 1160. The first-order valence-corrected chi connectivity index (χ1v) is 11.2. The average molecular weight is 471 g/mol. The summed E-state index contributed by atoms with van der Waals surface area (Å²) in [7, 11) is 0. The molecule has 2 aromatic carbocycles. The molecule has 1 aliphatic heterocycles. The van der Waals surface area contributed by atoms with Gasteiger partial charge in [-0.05, 0) is 37.1 Å². The second-order valence-corrected chi connectivity index (χ2v) is 8.73. The predicted octanol–water partition coefficient (Wildman–Crippen LogP) is 4.86. The number of piperidine rings is 1. The van der Waals surface area contributed by atoms with Crippen molar-refractivity contribution in [1.29, 1.82) is 0 Å². The van der Waals surface area contributed by atoms with Crippen LogP contribution in [0.5, 0.6) is 0 Å². The van der Waals surface area contributed by atoms with Gasteiger partial charge in [0.05, 0.1) is 16.5 Å². The maximum Gasteiger partial charge on any atom is 0.270 e. The monoisotopic (exact) mass is 470 g/mol. The number of carbonyl (C=O) groups is 2. The molecule has 0 aliphatic carbocycles. The normalized spacial score (nSPS) is 15.9. The number of thiazole rings is 1. The first-order chi connectivity index (χ1) is 15.4. The summed E-state index contributed by atoms with van der Waals surface area (Å²) >= 11 is 7.14. The van der Waals surface area contributed by atoms with Crippen LogP contribution in [0.2, 0.25) is 5.02 Å². The summed E-state index contributed by atoms with van der Waals surface area (Å²) in [6, 6.07) is 12.9. The highest BCUT2D eigenvalue weighted by Crippen LogP contribution is 2.28. The molecule has 1 unspecified atom stereocenters. The molecule has 10 heteroatoms. The third-order valence-electron chi connectivity index (χ3n) is 5.26. The lowest BCUT2D eigenvalue weighted by Crippen LogP contribution is -2.43. The zero-order valence-electron chi connectivity index (χ0n) is 16.9. The van der Waals surface area contributed by atoms with Crippen LogP contribution in [-0.2, 0) is 4.79 Å². The van der Waals surface area contributed by atoms with Gasteiger partial charge in [-0.3, -0.25) is 19.7 Å². The number of carbonyl (C=O) groups excluding carboxylic acids is 2. The Morgan fingerprint density at radius 2 is 2.00 bits per heavy atom. The Morgan fingerprint density at radius 1 is 1.22 bits per heavy atom. The van der Waals surface area contributed by atoms with Gasteiger partial charge in [0, 0.05) is 46.8 Å². The van der Waals surface area contributed by atoms with Crippen molar-refractivity contribution in [3.05, 3.63) is 74.6 Å². The Balaban J connectivity index is 1.41. The fourth-order valence-electron chi connectivity index (χ4n) is 3.60. The summed E-state index contributed by atoms with van der Waals surface area (Å²) in [5.74, 6) is -0.662. The molecule has 4 rings (SSSR count). The largest absolute Gasteiger partial charge is 0.338 e. The lowest BCUT2D eigenvalue weighted by molar-refractivity contribution is -0.384. The zero-order valence-corrected chi connectivity index (χ0v) is 18.4. The number of anilines is 1. The van der Waals surface area contributed by atoms with E-state index in [1.165, 1.54) is 23.5 Å². The van der Waals surface area contributed by atoms with Crippen molar-refractivity contribution in [3.63, 3.8) is 0 Å². The van der Waals surface area contributed by atoms with Gasteiger partial charge in [-0.1, -0.05) is 23.7 Å². The van der Waals surface area contributed by atoms with Crippen LogP contribution in [0.25, 0.3) is 11.3 Å². The van der Waals surface area contributed by atoms with E-state index in [0.717, 1.165) is 6.42 Å². The fraction of sp³-hybridized carbons (Fsp3) is 0.227. The Morgan fingerprint density at radius 3 is 2.75 bits per heavy atom. The van der Waals surface area contributed by atoms with E-state index >= 15 is 0 Å². The highest BCUT2D eigenvalue weighted by Gasteiger charge is 2.29. The topological polar surface area (TPSA) is 105 Å². The van der Waals surface area contributed by atoms with Gasteiger partial charge in [0.15, 0.2) is 5.13 Å². The summed E-state index contributed by atoms with van der Waals surface area (Å²) in [6.07, 6.45) is 1.41. The first kappa shape index (κ1) is 21.9. The number of likely N-dealkylation sites (tertiary alicyclic amines) is 1. The van der Waals surface area contributed by atoms with Crippen LogP contribution < -0.4 is 5.32 Å². The molecule has 32 heavy (non-hydrogen) atoms. The standard InChI is InChI=1S/C22H19ClN4O4S/c23-17-8-6-14(7-9-17)21(29)26-10-2-4-16(12-26)20(28)25-22-24-19(13-32-22)15-3-1-5-18(11-15)27(30)31/h1,3,5-9,11,13,16H,2,4,10,12H2,(H,24,25,28). The van der Waals surface area contributed by atoms with Crippen molar-refractivity contribution in [2.24, 2.45) is 5.92 Å². The molecule has 1 atom stereocenters. The number of amides is 2. The molecule has 1 N–H and O–H groups in total. The van der Waals surface area contributed by atoms with Crippen molar-refractivity contribution in [2.75, 3.05) is 18.4 Å². The lowest BCUT2D eigenvalue weighted by Gasteiger charge is -2.32. The number of halogens is 1. The number of hydrogen-bond acceptors (Lipinski definition) is 6. The molecule has 0 spiro atoms. The minimum atomic E-state index is -0.460. The van der Waals surface area contributed by atoms with E-state index in [4.69, 9.17) is 11.6 Å². The molecular formula is C22H19ClN4O4S. The number of rotatable bonds is 5. The lowest BCUT2D eigenvalue weighted by atomic mass is 9.96.